The van der Waals surface area contributed by atoms with Gasteiger partial charge < -0.3 is 14.6 Å². The molecular weight excluding hydrogens is 334 g/mol. The van der Waals surface area contributed by atoms with E-state index in [0.29, 0.717) is 25.2 Å². The quantitative estimate of drug-likeness (QED) is 0.658. The molecule has 0 aromatic carbocycles. The zero-order chi connectivity index (χ0) is 18.7. The second-order valence-electron chi connectivity index (χ2n) is 6.23. The van der Waals surface area contributed by atoms with Crippen LogP contribution in [0.2, 0.25) is 0 Å². The molecule has 26 heavy (non-hydrogen) atoms. The van der Waals surface area contributed by atoms with E-state index >= 15 is 0 Å². The third kappa shape index (κ3) is 3.57. The lowest BCUT2D eigenvalue weighted by Crippen LogP contribution is -2.34. The van der Waals surface area contributed by atoms with Gasteiger partial charge in [0.1, 0.15) is 12.2 Å². The fraction of sp³-hybridized carbons (Fsp3) is 0.471. The van der Waals surface area contributed by atoms with Crippen molar-refractivity contribution in [3.63, 3.8) is 0 Å². The Balaban J connectivity index is 1.73. The van der Waals surface area contributed by atoms with Gasteiger partial charge in [0.25, 0.3) is 5.78 Å². The lowest BCUT2D eigenvalue weighted by Gasteiger charge is -2.22. The molecule has 3 rings (SSSR count). The minimum absolute atomic E-state index is 0.0282. The Labute approximate surface area is 151 Å². The number of aliphatic hydroxyl groups is 1. The van der Waals surface area contributed by atoms with Crippen molar-refractivity contribution in [3.8, 4) is 0 Å². The first-order chi connectivity index (χ1) is 12.5. The first-order valence-corrected chi connectivity index (χ1v) is 8.52. The number of aliphatic hydroxyl groups excluding tert-OH is 1. The summed E-state index contributed by atoms with van der Waals surface area (Å²) in [5, 5.41) is 13.5. The molecule has 9 heteroatoms. The lowest BCUT2D eigenvalue weighted by molar-refractivity contribution is -0.132. The molecule has 0 aliphatic rings. The van der Waals surface area contributed by atoms with E-state index in [-0.39, 0.29) is 19.1 Å². The van der Waals surface area contributed by atoms with E-state index in [1.54, 1.807) is 15.6 Å². The number of fused-ring (bicyclic) bond motifs is 1. The maximum atomic E-state index is 12.7. The van der Waals surface area contributed by atoms with Crippen molar-refractivity contribution < 1.29 is 9.90 Å². The second kappa shape index (κ2) is 7.61. The Kier molecular flexibility index (Phi) is 5.27. The molecule has 0 bridgehead atoms. The highest BCUT2D eigenvalue weighted by Crippen LogP contribution is 2.16. The molecule has 1 N–H and O–H groups in total. The minimum Gasteiger partial charge on any atom is -0.395 e. The van der Waals surface area contributed by atoms with Gasteiger partial charge in [0.15, 0.2) is 0 Å². The van der Waals surface area contributed by atoms with E-state index in [4.69, 9.17) is 0 Å². The lowest BCUT2D eigenvalue weighted by atomic mass is 10.1. The SMILES string of the molecule is Cc1nc2ncnn2c(C)c1CCC(=O)N(CCO)Cc1nccn1C. The third-order valence-electron chi connectivity index (χ3n) is 4.55. The molecule has 9 nitrogen and oxygen atoms in total. The number of aryl methyl sites for hydroxylation is 3. The first-order valence-electron chi connectivity index (χ1n) is 8.52. The Hall–Kier alpha value is -2.81. The normalized spacial score (nSPS) is 11.2. The molecule has 0 spiro atoms. The number of carbonyl (C=O) groups excluding carboxylic acids is 1. The van der Waals surface area contributed by atoms with Crippen molar-refractivity contribution in [3.05, 3.63) is 41.5 Å². The molecule has 3 heterocycles. The van der Waals surface area contributed by atoms with Gasteiger partial charge in [0.2, 0.25) is 5.91 Å². The van der Waals surface area contributed by atoms with Gasteiger partial charge in [0, 0.05) is 43.8 Å². The molecule has 3 aromatic rings. The number of imidazole rings is 1. The van der Waals surface area contributed by atoms with Gasteiger partial charge in [-0.05, 0) is 25.8 Å². The maximum absolute atomic E-state index is 12.7. The highest BCUT2D eigenvalue weighted by atomic mass is 16.3. The third-order valence-corrected chi connectivity index (χ3v) is 4.55. The molecule has 3 aromatic heterocycles. The number of hydrogen-bond acceptors (Lipinski definition) is 6. The van der Waals surface area contributed by atoms with Crippen molar-refractivity contribution in [2.75, 3.05) is 13.2 Å². The molecule has 0 fully saturated rings. The average molecular weight is 357 g/mol. The Morgan fingerprint density at radius 3 is 2.81 bits per heavy atom. The van der Waals surface area contributed by atoms with Gasteiger partial charge in [0.05, 0.1) is 13.2 Å². The molecule has 0 aliphatic heterocycles. The van der Waals surface area contributed by atoms with E-state index in [9.17, 15) is 9.90 Å². The zero-order valence-corrected chi connectivity index (χ0v) is 15.3. The number of amides is 1. The van der Waals surface area contributed by atoms with E-state index in [0.717, 1.165) is 22.8 Å². The summed E-state index contributed by atoms with van der Waals surface area (Å²) in [7, 11) is 1.88. The van der Waals surface area contributed by atoms with Gasteiger partial charge in [-0.2, -0.15) is 10.1 Å². The molecule has 0 radical (unpaired) electrons. The van der Waals surface area contributed by atoms with Crippen LogP contribution in [0.5, 0.6) is 0 Å². The van der Waals surface area contributed by atoms with Crippen LogP contribution in [-0.2, 0) is 24.8 Å². The van der Waals surface area contributed by atoms with Gasteiger partial charge in [-0.15, -0.1) is 0 Å². The van der Waals surface area contributed by atoms with Crippen LogP contribution in [0.3, 0.4) is 0 Å². The molecule has 0 saturated carbocycles. The van der Waals surface area contributed by atoms with Gasteiger partial charge in [-0.3, -0.25) is 4.79 Å². The summed E-state index contributed by atoms with van der Waals surface area (Å²) in [6.07, 6.45) is 5.89. The standard InChI is InChI=1S/C17H23N7O2/c1-12-14(13(2)24-17(21-12)19-11-20-24)4-5-16(26)23(8-9-25)10-15-18-6-7-22(15)3/h6-7,11,25H,4-5,8-10H2,1-3H3. The van der Waals surface area contributed by atoms with Crippen LogP contribution in [0.25, 0.3) is 5.78 Å². The van der Waals surface area contributed by atoms with Crippen LogP contribution in [-0.4, -0.2) is 58.2 Å². The van der Waals surface area contributed by atoms with Crippen LogP contribution in [0.15, 0.2) is 18.7 Å². The van der Waals surface area contributed by atoms with Crippen molar-refractivity contribution in [2.45, 2.75) is 33.2 Å². The van der Waals surface area contributed by atoms with Crippen LogP contribution in [0.1, 0.15) is 29.2 Å². The molecule has 0 saturated heterocycles. The molecule has 1 amide bonds. The summed E-state index contributed by atoms with van der Waals surface area (Å²) >= 11 is 0. The maximum Gasteiger partial charge on any atom is 0.252 e. The van der Waals surface area contributed by atoms with Gasteiger partial charge in [-0.25, -0.2) is 14.5 Å². The van der Waals surface area contributed by atoms with Crippen LogP contribution in [0, 0.1) is 13.8 Å². The van der Waals surface area contributed by atoms with Crippen molar-refractivity contribution >= 4 is 11.7 Å². The van der Waals surface area contributed by atoms with Gasteiger partial charge >= 0.3 is 0 Å². The highest BCUT2D eigenvalue weighted by molar-refractivity contribution is 5.76. The molecular formula is C17H23N7O2. The van der Waals surface area contributed by atoms with Crippen molar-refractivity contribution in [2.24, 2.45) is 7.05 Å². The summed E-state index contributed by atoms with van der Waals surface area (Å²) in [5.41, 5.74) is 2.79. The molecule has 0 aliphatic carbocycles. The molecule has 0 atom stereocenters. The zero-order valence-electron chi connectivity index (χ0n) is 15.3. The van der Waals surface area contributed by atoms with Crippen LogP contribution < -0.4 is 0 Å². The number of nitrogens with zero attached hydrogens (tertiary/aromatic N) is 7. The Morgan fingerprint density at radius 2 is 2.12 bits per heavy atom. The largest absolute Gasteiger partial charge is 0.395 e. The number of hydrogen-bond donors (Lipinski definition) is 1. The van der Waals surface area contributed by atoms with Gasteiger partial charge in [-0.1, -0.05) is 0 Å². The summed E-state index contributed by atoms with van der Waals surface area (Å²) in [6.45, 7) is 4.45. The van der Waals surface area contributed by atoms with Crippen LogP contribution >= 0.6 is 0 Å². The Bertz CT molecular complexity index is 915. The Morgan fingerprint density at radius 1 is 1.31 bits per heavy atom. The van der Waals surface area contributed by atoms with Crippen LogP contribution in [0.4, 0.5) is 0 Å². The fourth-order valence-corrected chi connectivity index (χ4v) is 3.04. The van der Waals surface area contributed by atoms with E-state index in [2.05, 4.69) is 20.1 Å². The summed E-state index contributed by atoms with van der Waals surface area (Å²) < 4.78 is 3.56. The number of rotatable bonds is 7. The van der Waals surface area contributed by atoms with E-state index in [1.807, 2.05) is 31.7 Å². The van der Waals surface area contributed by atoms with E-state index in [1.165, 1.54) is 6.33 Å². The second-order valence-corrected chi connectivity index (χ2v) is 6.23. The van der Waals surface area contributed by atoms with E-state index < -0.39 is 0 Å². The monoisotopic (exact) mass is 357 g/mol. The molecule has 0 unspecified atom stereocenters. The minimum atomic E-state index is -0.0826. The highest BCUT2D eigenvalue weighted by Gasteiger charge is 2.18. The first kappa shape index (κ1) is 18.0. The summed E-state index contributed by atoms with van der Waals surface area (Å²) in [5.74, 6) is 1.32. The summed E-state index contributed by atoms with van der Waals surface area (Å²) in [4.78, 5) is 27.1. The fourth-order valence-electron chi connectivity index (χ4n) is 3.04. The molecule has 138 valence electrons. The predicted octanol–water partition coefficient (Wildman–Crippen LogP) is 0.428. The average Bonchev–Trinajstić information content (AvgIpc) is 3.23. The smallest absolute Gasteiger partial charge is 0.252 e. The van der Waals surface area contributed by atoms with Crippen molar-refractivity contribution in [1.82, 2.24) is 34.0 Å². The number of carbonyl (C=O) groups is 1. The predicted molar refractivity (Wildman–Crippen MR) is 94.3 cm³/mol. The van der Waals surface area contributed by atoms with Crippen molar-refractivity contribution in [1.29, 1.82) is 0 Å². The topological polar surface area (TPSA) is 101 Å². The number of aromatic nitrogens is 6. The summed E-state index contributed by atoms with van der Waals surface area (Å²) in [6, 6.07) is 0.